The first-order chi connectivity index (χ1) is 12.3. The van der Waals surface area contributed by atoms with Crippen LogP contribution in [0.15, 0.2) is 36.4 Å². The molecule has 0 unspecified atom stereocenters. The molecular weight excluding hydrogens is 336 g/mol. The molecule has 5 rings (SSSR count). The second-order valence-electron chi connectivity index (χ2n) is 7.00. The van der Waals surface area contributed by atoms with Crippen LogP contribution in [0, 0.1) is 0 Å². The molecule has 6 heteroatoms. The van der Waals surface area contributed by atoms with Gasteiger partial charge in [0.1, 0.15) is 17.1 Å². The average molecular weight is 350 g/mol. The lowest BCUT2D eigenvalue weighted by Gasteiger charge is -2.47. The number of fused-ring (bicyclic) bond motifs is 2. The Kier molecular flexibility index (Phi) is 2.71. The zero-order valence-corrected chi connectivity index (χ0v) is 13.4. The van der Waals surface area contributed by atoms with Crippen molar-refractivity contribution in [2.24, 2.45) is 0 Å². The van der Waals surface area contributed by atoms with Crippen molar-refractivity contribution in [3.05, 3.63) is 58.7 Å². The molecule has 6 nitrogen and oxygen atoms in total. The first kappa shape index (κ1) is 15.3. The number of carbonyl (C=O) groups excluding carboxylic acids is 2. The molecule has 3 atom stereocenters. The van der Waals surface area contributed by atoms with E-state index in [1.807, 2.05) is 0 Å². The quantitative estimate of drug-likeness (QED) is 0.575. The summed E-state index contributed by atoms with van der Waals surface area (Å²) < 4.78 is 0. The number of phenols is 2. The van der Waals surface area contributed by atoms with Gasteiger partial charge in [-0.1, -0.05) is 12.1 Å². The number of phenolic OH excluding ortho intramolecular Hbond substituents is 2. The summed E-state index contributed by atoms with van der Waals surface area (Å²) in [6, 6.07) is 5.93. The Hall–Kier alpha value is -2.96. The van der Waals surface area contributed by atoms with E-state index in [1.165, 1.54) is 24.3 Å². The summed E-state index contributed by atoms with van der Waals surface area (Å²) >= 11 is 0. The number of hydrogen-bond donors (Lipinski definition) is 4. The Balaban J connectivity index is 2.00. The highest BCUT2D eigenvalue weighted by Gasteiger charge is 2.54. The van der Waals surface area contributed by atoms with Crippen LogP contribution in [0.1, 0.15) is 44.2 Å². The number of aliphatic hydroxyl groups excluding tert-OH is 1. The number of rotatable bonds is 0. The molecule has 0 heterocycles. The summed E-state index contributed by atoms with van der Waals surface area (Å²) in [5.41, 5.74) is -0.0283. The topological polar surface area (TPSA) is 115 Å². The SMILES string of the molecule is O=C1C[C@@H](O)[C@H]2c3c(ccc(O)c31)-c1ccc(O)c3c1[C@]2(O)C=CC3=O. The fraction of sp³-hybridized carbons (Fsp3) is 0.200. The van der Waals surface area contributed by atoms with Crippen molar-refractivity contribution in [1.82, 2.24) is 0 Å². The van der Waals surface area contributed by atoms with Gasteiger partial charge in [-0.15, -0.1) is 0 Å². The lowest BCUT2D eigenvalue weighted by molar-refractivity contribution is -0.0113. The largest absolute Gasteiger partial charge is 0.507 e. The van der Waals surface area contributed by atoms with E-state index in [4.69, 9.17) is 0 Å². The fourth-order valence-corrected chi connectivity index (χ4v) is 4.68. The Morgan fingerprint density at radius 2 is 1.62 bits per heavy atom. The average Bonchev–Trinajstić information content (AvgIpc) is 2.58. The van der Waals surface area contributed by atoms with E-state index in [2.05, 4.69) is 0 Å². The maximum absolute atomic E-state index is 12.4. The highest BCUT2D eigenvalue weighted by molar-refractivity contribution is 6.12. The lowest BCUT2D eigenvalue weighted by atomic mass is 9.59. The van der Waals surface area contributed by atoms with Gasteiger partial charge in [0.2, 0.25) is 0 Å². The van der Waals surface area contributed by atoms with Crippen LogP contribution in [0.3, 0.4) is 0 Å². The summed E-state index contributed by atoms with van der Waals surface area (Å²) in [7, 11) is 0. The molecule has 0 saturated carbocycles. The zero-order chi connectivity index (χ0) is 18.4. The molecule has 0 aliphatic heterocycles. The van der Waals surface area contributed by atoms with E-state index in [0.717, 1.165) is 0 Å². The van der Waals surface area contributed by atoms with Crippen molar-refractivity contribution in [2.75, 3.05) is 0 Å². The molecule has 0 radical (unpaired) electrons. The number of allylic oxidation sites excluding steroid dienone is 1. The van der Waals surface area contributed by atoms with Gasteiger partial charge < -0.3 is 20.4 Å². The van der Waals surface area contributed by atoms with Crippen LogP contribution in [0.25, 0.3) is 11.1 Å². The summed E-state index contributed by atoms with van der Waals surface area (Å²) in [5.74, 6) is -2.22. The molecule has 3 aliphatic carbocycles. The van der Waals surface area contributed by atoms with Gasteiger partial charge >= 0.3 is 0 Å². The molecule has 0 aromatic heterocycles. The molecule has 0 bridgehead atoms. The van der Waals surface area contributed by atoms with Crippen molar-refractivity contribution in [3.63, 3.8) is 0 Å². The third kappa shape index (κ3) is 1.58. The van der Waals surface area contributed by atoms with Gasteiger partial charge in [-0.25, -0.2) is 0 Å². The Morgan fingerprint density at radius 1 is 0.962 bits per heavy atom. The molecule has 130 valence electrons. The van der Waals surface area contributed by atoms with E-state index >= 15 is 0 Å². The number of benzene rings is 2. The summed E-state index contributed by atoms with van der Waals surface area (Å²) in [4.78, 5) is 24.8. The van der Waals surface area contributed by atoms with Crippen molar-refractivity contribution < 1.29 is 30.0 Å². The number of aliphatic hydroxyl groups is 2. The molecule has 0 saturated heterocycles. The van der Waals surface area contributed by atoms with Gasteiger partial charge in [0, 0.05) is 17.9 Å². The highest BCUT2D eigenvalue weighted by Crippen LogP contribution is 2.58. The Bertz CT molecular complexity index is 1070. The smallest absolute Gasteiger partial charge is 0.189 e. The molecule has 2 aromatic carbocycles. The van der Waals surface area contributed by atoms with Crippen LogP contribution in [0.4, 0.5) is 0 Å². The van der Waals surface area contributed by atoms with E-state index in [9.17, 15) is 30.0 Å². The summed E-state index contributed by atoms with van der Waals surface area (Å²) in [6.45, 7) is 0. The standard InChI is InChI=1S/C20H14O6/c21-10-3-1-8-9-2-4-11(22)17-12(23)5-6-20(26,18(9)17)19-14(25)7-13(24)16(10)15(8)19/h1-6,14,19,21-22,25-26H,7H2/t14-,19+,20-/m1/s1. The summed E-state index contributed by atoms with van der Waals surface area (Å²) in [5, 5.41) is 42.6. The molecule has 2 aromatic rings. The molecule has 26 heavy (non-hydrogen) atoms. The summed E-state index contributed by atoms with van der Waals surface area (Å²) in [6.07, 6.45) is 1.04. The van der Waals surface area contributed by atoms with E-state index in [1.54, 1.807) is 12.1 Å². The van der Waals surface area contributed by atoms with Crippen molar-refractivity contribution >= 4 is 11.6 Å². The van der Waals surface area contributed by atoms with Crippen LogP contribution < -0.4 is 0 Å². The minimum Gasteiger partial charge on any atom is -0.507 e. The number of ketones is 2. The van der Waals surface area contributed by atoms with Crippen molar-refractivity contribution in [2.45, 2.75) is 24.0 Å². The van der Waals surface area contributed by atoms with Crippen LogP contribution in [0.5, 0.6) is 11.5 Å². The van der Waals surface area contributed by atoms with Crippen LogP contribution in [-0.2, 0) is 5.60 Å². The van der Waals surface area contributed by atoms with Gasteiger partial charge in [0.25, 0.3) is 0 Å². The monoisotopic (exact) mass is 350 g/mol. The third-order valence-corrected chi connectivity index (χ3v) is 5.68. The number of carbonyl (C=O) groups is 2. The van der Waals surface area contributed by atoms with E-state index in [-0.39, 0.29) is 34.6 Å². The molecular formula is C20H14O6. The van der Waals surface area contributed by atoms with E-state index < -0.39 is 29.2 Å². The Morgan fingerprint density at radius 3 is 2.35 bits per heavy atom. The maximum Gasteiger partial charge on any atom is 0.189 e. The Labute approximate surface area is 147 Å². The zero-order valence-electron chi connectivity index (χ0n) is 13.4. The molecule has 3 aliphatic rings. The normalized spacial score (nSPS) is 27.9. The van der Waals surface area contributed by atoms with Crippen molar-refractivity contribution in [1.29, 1.82) is 0 Å². The first-order valence-electron chi connectivity index (χ1n) is 8.24. The lowest BCUT2D eigenvalue weighted by Crippen LogP contribution is -2.47. The maximum atomic E-state index is 12.4. The van der Waals surface area contributed by atoms with Crippen LogP contribution >= 0.6 is 0 Å². The molecule has 0 fully saturated rings. The number of aromatic hydroxyl groups is 2. The second-order valence-corrected chi connectivity index (χ2v) is 7.00. The first-order valence-corrected chi connectivity index (χ1v) is 8.24. The minimum absolute atomic E-state index is 0.00289. The van der Waals surface area contributed by atoms with Gasteiger partial charge in [0.05, 0.1) is 17.2 Å². The predicted molar refractivity (Wildman–Crippen MR) is 90.3 cm³/mol. The number of hydrogen-bond acceptors (Lipinski definition) is 6. The molecule has 0 amide bonds. The van der Waals surface area contributed by atoms with Gasteiger partial charge in [-0.05, 0) is 41.0 Å². The van der Waals surface area contributed by atoms with E-state index in [0.29, 0.717) is 16.7 Å². The number of Topliss-reactive ketones (excluding diaryl/α,β-unsaturated/α-hetero) is 1. The van der Waals surface area contributed by atoms with Gasteiger partial charge in [0.15, 0.2) is 11.6 Å². The minimum atomic E-state index is -1.77. The third-order valence-electron chi connectivity index (χ3n) is 5.68. The van der Waals surface area contributed by atoms with Crippen LogP contribution in [-0.4, -0.2) is 38.1 Å². The predicted octanol–water partition coefficient (Wildman–Crippen LogP) is 1.75. The van der Waals surface area contributed by atoms with Crippen LogP contribution in [0.2, 0.25) is 0 Å². The molecule has 4 N–H and O–H groups in total. The highest BCUT2D eigenvalue weighted by atomic mass is 16.3. The van der Waals surface area contributed by atoms with Gasteiger partial charge in [-0.2, -0.15) is 0 Å². The second kappa shape index (κ2) is 4.60. The fourth-order valence-electron chi connectivity index (χ4n) is 4.68. The van der Waals surface area contributed by atoms with Gasteiger partial charge in [-0.3, -0.25) is 9.59 Å². The molecule has 0 spiro atoms. The van der Waals surface area contributed by atoms with Crippen molar-refractivity contribution in [3.8, 4) is 22.6 Å².